The summed E-state index contributed by atoms with van der Waals surface area (Å²) in [6, 6.07) is 13.5. The van der Waals surface area contributed by atoms with E-state index in [4.69, 9.17) is 11.6 Å². The number of rotatable bonds is 4. The SMILES string of the molecule is CC(C(=O)Nc1ccc(Cl)cc1)[C@]1(O)CC[C@H](c2ccnc3ccc(F)cc32)CC1. The molecule has 2 N–H and O–H groups in total. The molecule has 1 aliphatic carbocycles. The van der Waals surface area contributed by atoms with Gasteiger partial charge >= 0.3 is 0 Å². The van der Waals surface area contributed by atoms with Crippen molar-refractivity contribution in [1.82, 2.24) is 4.98 Å². The van der Waals surface area contributed by atoms with E-state index in [9.17, 15) is 14.3 Å². The fraction of sp³-hybridized carbons (Fsp3) is 0.333. The highest BCUT2D eigenvalue weighted by atomic mass is 35.5. The number of carbonyl (C=O) groups is 1. The average molecular weight is 427 g/mol. The fourth-order valence-corrected chi connectivity index (χ4v) is 4.51. The molecule has 1 fully saturated rings. The zero-order valence-corrected chi connectivity index (χ0v) is 17.5. The molecule has 0 radical (unpaired) electrons. The Kier molecular flexibility index (Phi) is 5.76. The van der Waals surface area contributed by atoms with Crippen LogP contribution in [0.4, 0.5) is 10.1 Å². The van der Waals surface area contributed by atoms with Crippen molar-refractivity contribution >= 4 is 34.1 Å². The Hall–Kier alpha value is -2.50. The molecule has 1 saturated carbocycles. The van der Waals surface area contributed by atoms with Crippen molar-refractivity contribution in [3.05, 3.63) is 71.1 Å². The van der Waals surface area contributed by atoms with Gasteiger partial charge in [0, 0.05) is 22.3 Å². The molecule has 6 heteroatoms. The predicted octanol–water partition coefficient (Wildman–Crippen LogP) is 5.69. The van der Waals surface area contributed by atoms with Gasteiger partial charge in [-0.05, 0) is 85.7 Å². The molecule has 1 unspecified atom stereocenters. The van der Waals surface area contributed by atoms with Crippen LogP contribution in [0.2, 0.25) is 5.02 Å². The number of fused-ring (bicyclic) bond motifs is 1. The smallest absolute Gasteiger partial charge is 0.230 e. The van der Waals surface area contributed by atoms with Gasteiger partial charge < -0.3 is 10.4 Å². The number of amides is 1. The maximum Gasteiger partial charge on any atom is 0.230 e. The number of aliphatic hydroxyl groups is 1. The molecular formula is C24H24ClFN2O2. The Bertz CT molecular complexity index is 1060. The number of hydrogen-bond donors (Lipinski definition) is 2. The van der Waals surface area contributed by atoms with Crippen LogP contribution in [0.25, 0.3) is 10.9 Å². The van der Waals surface area contributed by atoms with Gasteiger partial charge in [-0.25, -0.2) is 4.39 Å². The monoisotopic (exact) mass is 426 g/mol. The quantitative estimate of drug-likeness (QED) is 0.563. The number of pyridine rings is 1. The fourth-order valence-electron chi connectivity index (χ4n) is 4.39. The van der Waals surface area contributed by atoms with E-state index in [0.29, 0.717) is 23.6 Å². The first-order valence-electron chi connectivity index (χ1n) is 10.2. The van der Waals surface area contributed by atoms with Crippen molar-refractivity contribution < 1.29 is 14.3 Å². The van der Waals surface area contributed by atoms with Gasteiger partial charge in [0.15, 0.2) is 0 Å². The molecule has 30 heavy (non-hydrogen) atoms. The van der Waals surface area contributed by atoms with Crippen molar-refractivity contribution in [1.29, 1.82) is 0 Å². The van der Waals surface area contributed by atoms with E-state index >= 15 is 0 Å². The van der Waals surface area contributed by atoms with Gasteiger partial charge in [0.2, 0.25) is 5.91 Å². The molecule has 2 aromatic carbocycles. The summed E-state index contributed by atoms with van der Waals surface area (Å²) in [7, 11) is 0. The highest BCUT2D eigenvalue weighted by molar-refractivity contribution is 6.30. The summed E-state index contributed by atoms with van der Waals surface area (Å²) in [5.41, 5.74) is 1.41. The Morgan fingerprint density at radius 1 is 1.20 bits per heavy atom. The molecule has 156 valence electrons. The van der Waals surface area contributed by atoms with Crippen LogP contribution in [0.5, 0.6) is 0 Å². The third-order valence-corrected chi connectivity index (χ3v) is 6.59. The molecule has 1 atom stereocenters. The molecule has 0 aliphatic heterocycles. The van der Waals surface area contributed by atoms with Gasteiger partial charge in [0.05, 0.1) is 17.0 Å². The van der Waals surface area contributed by atoms with E-state index in [1.54, 1.807) is 43.5 Å². The second kappa shape index (κ2) is 8.32. The van der Waals surface area contributed by atoms with Crippen LogP contribution < -0.4 is 5.32 Å². The van der Waals surface area contributed by atoms with E-state index in [1.807, 2.05) is 6.07 Å². The number of carbonyl (C=O) groups excluding carboxylic acids is 1. The van der Waals surface area contributed by atoms with Crippen LogP contribution >= 0.6 is 11.6 Å². The van der Waals surface area contributed by atoms with E-state index in [2.05, 4.69) is 10.3 Å². The molecule has 1 heterocycles. The molecule has 0 bridgehead atoms. The van der Waals surface area contributed by atoms with Crippen LogP contribution in [-0.4, -0.2) is 21.6 Å². The average Bonchev–Trinajstić information content (AvgIpc) is 2.75. The number of anilines is 1. The van der Waals surface area contributed by atoms with E-state index in [-0.39, 0.29) is 17.6 Å². The molecular weight excluding hydrogens is 403 g/mol. The van der Waals surface area contributed by atoms with Crippen molar-refractivity contribution in [3.63, 3.8) is 0 Å². The van der Waals surface area contributed by atoms with Crippen LogP contribution in [0.3, 0.4) is 0 Å². The number of aromatic nitrogens is 1. The number of nitrogens with one attached hydrogen (secondary N) is 1. The largest absolute Gasteiger partial charge is 0.389 e. The standard InChI is InChI=1S/C24H24ClFN2O2/c1-15(23(29)28-19-5-2-17(25)3-6-19)24(30)11-8-16(9-12-24)20-10-13-27-22-7-4-18(26)14-21(20)22/h2-7,10,13-16,30H,8-9,11-12H2,1H3,(H,28,29)/t15?,16-,24-. The van der Waals surface area contributed by atoms with Crippen LogP contribution in [-0.2, 0) is 4.79 Å². The van der Waals surface area contributed by atoms with Gasteiger partial charge in [-0.2, -0.15) is 0 Å². The third kappa shape index (κ3) is 4.18. The third-order valence-electron chi connectivity index (χ3n) is 6.34. The molecule has 4 nitrogen and oxygen atoms in total. The summed E-state index contributed by atoms with van der Waals surface area (Å²) in [5.74, 6) is -0.851. The lowest BCUT2D eigenvalue weighted by Gasteiger charge is -2.40. The van der Waals surface area contributed by atoms with E-state index in [1.165, 1.54) is 12.1 Å². The Morgan fingerprint density at radius 3 is 2.60 bits per heavy atom. The van der Waals surface area contributed by atoms with Gasteiger partial charge in [0.1, 0.15) is 5.82 Å². The molecule has 1 aromatic heterocycles. The van der Waals surface area contributed by atoms with Crippen molar-refractivity contribution in [2.75, 3.05) is 5.32 Å². The van der Waals surface area contributed by atoms with Crippen molar-refractivity contribution in [3.8, 4) is 0 Å². The topological polar surface area (TPSA) is 62.2 Å². The normalized spacial score (nSPS) is 22.6. The molecule has 3 aromatic rings. The number of benzene rings is 2. The van der Waals surface area contributed by atoms with Crippen molar-refractivity contribution in [2.45, 2.75) is 44.1 Å². The second-order valence-corrected chi connectivity index (χ2v) is 8.59. The zero-order valence-electron chi connectivity index (χ0n) is 16.7. The van der Waals surface area contributed by atoms with Crippen LogP contribution in [0, 0.1) is 11.7 Å². The Morgan fingerprint density at radius 2 is 1.90 bits per heavy atom. The Balaban J connectivity index is 1.46. The summed E-state index contributed by atoms with van der Waals surface area (Å²) in [4.78, 5) is 17.0. The summed E-state index contributed by atoms with van der Waals surface area (Å²) in [6.07, 6.45) is 4.21. The first-order chi connectivity index (χ1) is 14.4. The number of halogens is 2. The van der Waals surface area contributed by atoms with Gasteiger partial charge in [-0.1, -0.05) is 18.5 Å². The van der Waals surface area contributed by atoms with Crippen LogP contribution in [0.1, 0.15) is 44.1 Å². The highest BCUT2D eigenvalue weighted by Gasteiger charge is 2.41. The predicted molar refractivity (Wildman–Crippen MR) is 117 cm³/mol. The first-order valence-corrected chi connectivity index (χ1v) is 10.6. The maximum atomic E-state index is 13.8. The maximum absolute atomic E-state index is 13.8. The Labute approximate surface area is 180 Å². The van der Waals surface area contributed by atoms with Crippen molar-refractivity contribution in [2.24, 2.45) is 5.92 Å². The van der Waals surface area contributed by atoms with E-state index < -0.39 is 11.5 Å². The summed E-state index contributed by atoms with van der Waals surface area (Å²) >= 11 is 5.89. The minimum absolute atomic E-state index is 0.198. The van der Waals surface area contributed by atoms with Gasteiger partial charge in [0.25, 0.3) is 0 Å². The highest BCUT2D eigenvalue weighted by Crippen LogP contribution is 2.43. The summed E-state index contributed by atoms with van der Waals surface area (Å²) in [6.45, 7) is 1.77. The lowest BCUT2D eigenvalue weighted by atomic mass is 9.70. The summed E-state index contributed by atoms with van der Waals surface area (Å²) < 4.78 is 13.8. The molecule has 0 saturated heterocycles. The van der Waals surface area contributed by atoms with Gasteiger partial charge in [-0.3, -0.25) is 9.78 Å². The molecule has 4 rings (SSSR count). The van der Waals surface area contributed by atoms with E-state index in [0.717, 1.165) is 29.3 Å². The number of nitrogens with zero attached hydrogens (tertiary/aromatic N) is 1. The lowest BCUT2D eigenvalue weighted by Crippen LogP contribution is -2.45. The minimum Gasteiger partial charge on any atom is -0.389 e. The second-order valence-electron chi connectivity index (χ2n) is 8.16. The first kappa shape index (κ1) is 20.8. The number of hydrogen-bond acceptors (Lipinski definition) is 3. The van der Waals surface area contributed by atoms with Gasteiger partial charge in [-0.15, -0.1) is 0 Å². The van der Waals surface area contributed by atoms with Crippen LogP contribution in [0.15, 0.2) is 54.7 Å². The zero-order chi connectivity index (χ0) is 21.3. The molecule has 1 amide bonds. The molecule has 0 spiro atoms. The molecule has 1 aliphatic rings. The summed E-state index contributed by atoms with van der Waals surface area (Å²) in [5, 5.41) is 15.5. The minimum atomic E-state index is -1.07. The lowest BCUT2D eigenvalue weighted by molar-refractivity contribution is -0.131.